The molecule has 24 heavy (non-hydrogen) atoms. The van der Waals surface area contributed by atoms with Crippen molar-refractivity contribution in [2.45, 2.75) is 45.3 Å². The third-order valence-electron chi connectivity index (χ3n) is 5.35. The van der Waals surface area contributed by atoms with E-state index < -0.39 is 17.8 Å². The van der Waals surface area contributed by atoms with Crippen LogP contribution in [0.1, 0.15) is 55.3 Å². The molecule has 1 saturated carbocycles. The first kappa shape index (κ1) is 17.3. The number of hydrogen-bond donors (Lipinski definition) is 1. The minimum atomic E-state index is -4.56. The second-order valence-electron chi connectivity index (χ2n) is 7.24. The van der Waals surface area contributed by atoms with E-state index in [1.165, 1.54) is 4.68 Å². The molecular formula is C16H22F3N3O2. The molecule has 1 unspecified atom stereocenters. The number of aliphatic hydroxyl groups is 1. The zero-order chi connectivity index (χ0) is 17.7. The van der Waals surface area contributed by atoms with E-state index in [4.69, 9.17) is 0 Å². The minimum absolute atomic E-state index is 0.00215. The quantitative estimate of drug-likeness (QED) is 0.913. The van der Waals surface area contributed by atoms with Crippen LogP contribution in [0.15, 0.2) is 6.07 Å². The Kier molecular flexibility index (Phi) is 4.14. The summed E-state index contributed by atoms with van der Waals surface area (Å²) in [6.07, 6.45) is -2.43. The Labute approximate surface area is 138 Å². The molecule has 8 heteroatoms. The van der Waals surface area contributed by atoms with Crippen molar-refractivity contribution in [2.24, 2.45) is 11.3 Å². The average molecular weight is 345 g/mol. The van der Waals surface area contributed by atoms with Gasteiger partial charge in [0.2, 0.25) is 0 Å². The van der Waals surface area contributed by atoms with Crippen molar-refractivity contribution in [3.05, 3.63) is 17.5 Å². The summed E-state index contributed by atoms with van der Waals surface area (Å²) in [7, 11) is 0. The highest BCUT2D eigenvalue weighted by atomic mass is 19.4. The molecule has 3 rings (SSSR count). The standard InChI is InChI=1S/C16H22F3N3O2/c1-10(2)15(9-23)5-6-21(8-15)14(24)12-7-13(16(17,18)19)20-22(12)11-3-4-11/h7,10-11,23H,3-6,8-9H2,1-2H3. The maximum absolute atomic E-state index is 13.0. The molecular weight excluding hydrogens is 323 g/mol. The predicted octanol–water partition coefficient (Wildman–Crippen LogP) is 2.72. The van der Waals surface area contributed by atoms with Gasteiger partial charge in [0.05, 0.1) is 12.6 Å². The highest BCUT2D eigenvalue weighted by molar-refractivity contribution is 5.93. The number of likely N-dealkylation sites (tertiary alicyclic amines) is 1. The van der Waals surface area contributed by atoms with Gasteiger partial charge in [0.1, 0.15) is 5.69 Å². The zero-order valence-corrected chi connectivity index (χ0v) is 13.8. The molecule has 0 aromatic carbocycles. The van der Waals surface area contributed by atoms with Crippen LogP contribution in [0.2, 0.25) is 0 Å². The van der Waals surface area contributed by atoms with Crippen LogP contribution in [0.5, 0.6) is 0 Å². The van der Waals surface area contributed by atoms with Crippen LogP contribution < -0.4 is 0 Å². The summed E-state index contributed by atoms with van der Waals surface area (Å²) in [5.74, 6) is -0.250. The molecule has 1 aromatic heterocycles. The van der Waals surface area contributed by atoms with Gasteiger partial charge in [0, 0.05) is 24.6 Å². The predicted molar refractivity (Wildman–Crippen MR) is 80.4 cm³/mol. The molecule has 1 amide bonds. The smallest absolute Gasteiger partial charge is 0.396 e. The molecule has 2 aliphatic rings. The number of aromatic nitrogens is 2. The Hall–Kier alpha value is -1.57. The van der Waals surface area contributed by atoms with Crippen molar-refractivity contribution < 1.29 is 23.1 Å². The molecule has 134 valence electrons. The summed E-state index contributed by atoms with van der Waals surface area (Å²) in [5.41, 5.74) is -1.40. The lowest BCUT2D eigenvalue weighted by Crippen LogP contribution is -2.37. The van der Waals surface area contributed by atoms with Crippen LogP contribution in [0, 0.1) is 11.3 Å². The molecule has 1 saturated heterocycles. The third-order valence-corrected chi connectivity index (χ3v) is 5.35. The second-order valence-corrected chi connectivity index (χ2v) is 7.24. The average Bonchev–Trinajstić information content (AvgIpc) is 3.10. The van der Waals surface area contributed by atoms with E-state index in [1.807, 2.05) is 13.8 Å². The van der Waals surface area contributed by atoms with E-state index >= 15 is 0 Å². The first-order valence-corrected chi connectivity index (χ1v) is 8.25. The van der Waals surface area contributed by atoms with Gasteiger partial charge in [-0.15, -0.1) is 0 Å². The molecule has 5 nitrogen and oxygen atoms in total. The van der Waals surface area contributed by atoms with Gasteiger partial charge in [0.15, 0.2) is 5.69 Å². The summed E-state index contributed by atoms with van der Waals surface area (Å²) in [6, 6.07) is 0.741. The van der Waals surface area contributed by atoms with Crippen molar-refractivity contribution >= 4 is 5.91 Å². The first-order chi connectivity index (χ1) is 11.2. The molecule has 2 heterocycles. The number of amides is 1. The number of rotatable bonds is 4. The molecule has 1 aromatic rings. The number of halogens is 3. The molecule has 1 aliphatic carbocycles. The fraction of sp³-hybridized carbons (Fsp3) is 0.750. The van der Waals surface area contributed by atoms with Crippen molar-refractivity contribution in [1.29, 1.82) is 0 Å². The second kappa shape index (κ2) is 5.75. The molecule has 0 bridgehead atoms. The molecule has 0 spiro atoms. The molecule has 1 N–H and O–H groups in total. The molecule has 2 fully saturated rings. The number of carbonyl (C=O) groups excluding carboxylic acids is 1. The van der Waals surface area contributed by atoms with E-state index in [2.05, 4.69) is 5.10 Å². The summed E-state index contributed by atoms with van der Waals surface area (Å²) in [4.78, 5) is 14.3. The van der Waals surface area contributed by atoms with Crippen molar-refractivity contribution in [3.8, 4) is 0 Å². The van der Waals surface area contributed by atoms with E-state index in [0.717, 1.165) is 18.9 Å². The Morgan fingerprint density at radius 3 is 2.58 bits per heavy atom. The highest BCUT2D eigenvalue weighted by Crippen LogP contribution is 2.40. The third kappa shape index (κ3) is 2.92. The van der Waals surface area contributed by atoms with E-state index in [-0.39, 0.29) is 29.7 Å². The van der Waals surface area contributed by atoms with Gasteiger partial charge >= 0.3 is 6.18 Å². The molecule has 0 radical (unpaired) electrons. The highest BCUT2D eigenvalue weighted by Gasteiger charge is 2.44. The van der Waals surface area contributed by atoms with Gasteiger partial charge in [-0.1, -0.05) is 13.8 Å². The minimum Gasteiger partial charge on any atom is -0.396 e. The number of aliphatic hydroxyl groups excluding tert-OH is 1. The van der Waals surface area contributed by atoms with Gasteiger partial charge in [-0.3, -0.25) is 9.48 Å². The Bertz CT molecular complexity index is 637. The normalized spacial score (nSPS) is 24.9. The van der Waals surface area contributed by atoms with Gasteiger partial charge in [-0.25, -0.2) is 0 Å². The van der Waals surface area contributed by atoms with Crippen LogP contribution in [0.25, 0.3) is 0 Å². The first-order valence-electron chi connectivity index (χ1n) is 8.25. The number of nitrogens with zero attached hydrogens (tertiary/aromatic N) is 3. The summed E-state index contributed by atoms with van der Waals surface area (Å²) < 4.78 is 40.1. The fourth-order valence-electron chi connectivity index (χ4n) is 3.30. The number of carbonyl (C=O) groups is 1. The van der Waals surface area contributed by atoms with Gasteiger partial charge in [-0.2, -0.15) is 18.3 Å². The number of hydrogen-bond acceptors (Lipinski definition) is 3. The van der Waals surface area contributed by atoms with Gasteiger partial charge in [-0.05, 0) is 25.2 Å². The lowest BCUT2D eigenvalue weighted by atomic mass is 9.77. The fourth-order valence-corrected chi connectivity index (χ4v) is 3.30. The SMILES string of the molecule is CC(C)C1(CO)CCN(C(=O)c2cc(C(F)(F)F)nn2C2CC2)C1. The zero-order valence-electron chi connectivity index (χ0n) is 13.8. The van der Waals surface area contributed by atoms with Crippen molar-refractivity contribution in [1.82, 2.24) is 14.7 Å². The summed E-state index contributed by atoms with van der Waals surface area (Å²) >= 11 is 0. The van der Waals surface area contributed by atoms with Crippen molar-refractivity contribution in [2.75, 3.05) is 19.7 Å². The van der Waals surface area contributed by atoms with Gasteiger partial charge < -0.3 is 10.0 Å². The van der Waals surface area contributed by atoms with Crippen LogP contribution in [-0.2, 0) is 6.18 Å². The van der Waals surface area contributed by atoms with E-state index in [0.29, 0.717) is 19.5 Å². The lowest BCUT2D eigenvalue weighted by Gasteiger charge is -2.31. The maximum Gasteiger partial charge on any atom is 0.435 e. The molecule has 1 aliphatic heterocycles. The largest absolute Gasteiger partial charge is 0.435 e. The maximum atomic E-state index is 13.0. The van der Waals surface area contributed by atoms with Crippen molar-refractivity contribution in [3.63, 3.8) is 0 Å². The monoisotopic (exact) mass is 345 g/mol. The summed E-state index contributed by atoms with van der Waals surface area (Å²) in [5, 5.41) is 13.3. The number of alkyl halides is 3. The summed E-state index contributed by atoms with van der Waals surface area (Å²) in [6.45, 7) is 4.73. The van der Waals surface area contributed by atoms with Crippen LogP contribution in [0.3, 0.4) is 0 Å². The van der Waals surface area contributed by atoms with Crippen LogP contribution >= 0.6 is 0 Å². The van der Waals surface area contributed by atoms with E-state index in [9.17, 15) is 23.1 Å². The van der Waals surface area contributed by atoms with Crippen LogP contribution in [-0.4, -0.2) is 45.4 Å². The lowest BCUT2D eigenvalue weighted by molar-refractivity contribution is -0.141. The molecule has 1 atom stereocenters. The Morgan fingerprint density at radius 1 is 1.46 bits per heavy atom. The van der Waals surface area contributed by atoms with Crippen LogP contribution in [0.4, 0.5) is 13.2 Å². The van der Waals surface area contributed by atoms with Gasteiger partial charge in [0.25, 0.3) is 5.91 Å². The van der Waals surface area contributed by atoms with E-state index in [1.54, 1.807) is 4.90 Å². The Morgan fingerprint density at radius 2 is 2.12 bits per heavy atom. The topological polar surface area (TPSA) is 58.4 Å². The Balaban J connectivity index is 1.87.